The van der Waals surface area contributed by atoms with Crippen molar-refractivity contribution in [3.63, 3.8) is 0 Å². The lowest BCUT2D eigenvalue weighted by Gasteiger charge is -2.16. The Morgan fingerprint density at radius 1 is 0.690 bits per heavy atom. The fraction of sp³-hybridized carbons (Fsp3) is 0.741. The summed E-state index contributed by atoms with van der Waals surface area (Å²) in [5.41, 5.74) is 0.695. The maximum atomic E-state index is 10.7. The third-order valence-corrected chi connectivity index (χ3v) is 6.16. The topological polar surface area (TPSA) is 26.3 Å². The van der Waals surface area contributed by atoms with Gasteiger partial charge < -0.3 is 4.74 Å². The van der Waals surface area contributed by atoms with E-state index in [0.717, 1.165) is 42.8 Å². The van der Waals surface area contributed by atoms with Crippen LogP contribution < -0.4 is 4.74 Å². The highest BCUT2D eigenvalue weighted by molar-refractivity contribution is 5.74. The molecule has 3 atom stereocenters. The molecular formula is C27H46O2. The molecule has 2 nitrogen and oxygen atoms in total. The Morgan fingerprint density at radius 3 is 1.59 bits per heavy atom. The molecule has 3 unspecified atom stereocenters. The number of hydrogen-bond donors (Lipinski definition) is 0. The van der Waals surface area contributed by atoms with Crippen molar-refractivity contribution in [3.05, 3.63) is 29.8 Å². The lowest BCUT2D eigenvalue weighted by Crippen LogP contribution is -2.05. The summed E-state index contributed by atoms with van der Waals surface area (Å²) in [7, 11) is 0. The van der Waals surface area contributed by atoms with Gasteiger partial charge in [0.2, 0.25) is 0 Å². The summed E-state index contributed by atoms with van der Waals surface area (Å²) in [6.07, 6.45) is 14.3. The van der Waals surface area contributed by atoms with Crippen LogP contribution in [-0.2, 0) is 0 Å². The van der Waals surface area contributed by atoms with Gasteiger partial charge in [0.05, 0.1) is 6.61 Å². The second-order valence-corrected chi connectivity index (χ2v) is 9.83. The minimum atomic E-state index is 0.695. The number of benzene rings is 1. The van der Waals surface area contributed by atoms with Crippen LogP contribution in [0.4, 0.5) is 0 Å². The Labute approximate surface area is 180 Å². The van der Waals surface area contributed by atoms with Crippen molar-refractivity contribution >= 4 is 6.29 Å². The molecule has 0 saturated heterocycles. The zero-order valence-electron chi connectivity index (χ0n) is 19.8. The minimum Gasteiger partial charge on any atom is -0.494 e. The average Bonchev–Trinajstić information content (AvgIpc) is 2.68. The van der Waals surface area contributed by atoms with Crippen LogP contribution in [0.2, 0.25) is 0 Å². The van der Waals surface area contributed by atoms with Crippen molar-refractivity contribution in [1.82, 2.24) is 0 Å². The normalized spacial score (nSPS) is 14.6. The van der Waals surface area contributed by atoms with Gasteiger partial charge in [0, 0.05) is 5.56 Å². The largest absolute Gasteiger partial charge is 0.494 e. The monoisotopic (exact) mass is 402 g/mol. The van der Waals surface area contributed by atoms with E-state index < -0.39 is 0 Å². The minimum absolute atomic E-state index is 0.695. The summed E-state index contributed by atoms with van der Waals surface area (Å²) in [6, 6.07) is 7.36. The predicted molar refractivity (Wildman–Crippen MR) is 126 cm³/mol. The average molecular weight is 403 g/mol. The molecule has 0 heterocycles. The summed E-state index contributed by atoms with van der Waals surface area (Å²) < 4.78 is 5.80. The molecule has 0 bridgehead atoms. The highest BCUT2D eigenvalue weighted by Gasteiger charge is 2.08. The van der Waals surface area contributed by atoms with Gasteiger partial charge in [-0.15, -0.1) is 0 Å². The number of rotatable bonds is 17. The molecule has 1 rings (SSSR count). The number of aldehydes is 1. The third kappa shape index (κ3) is 13.5. The van der Waals surface area contributed by atoms with E-state index in [1.165, 1.54) is 57.8 Å². The number of carbonyl (C=O) groups excluding carboxylic acids is 1. The maximum absolute atomic E-state index is 10.7. The first-order chi connectivity index (χ1) is 13.9. The molecule has 0 saturated carbocycles. The maximum Gasteiger partial charge on any atom is 0.150 e. The summed E-state index contributed by atoms with van der Waals surface area (Å²) in [4.78, 5) is 10.7. The van der Waals surface area contributed by atoms with E-state index in [4.69, 9.17) is 4.74 Å². The Hall–Kier alpha value is -1.31. The van der Waals surface area contributed by atoms with Gasteiger partial charge in [-0.2, -0.15) is 0 Å². The van der Waals surface area contributed by atoms with Crippen LogP contribution in [0, 0.1) is 23.7 Å². The van der Waals surface area contributed by atoms with Crippen LogP contribution >= 0.6 is 0 Å². The molecule has 1 aromatic carbocycles. The molecule has 0 spiro atoms. The zero-order chi connectivity index (χ0) is 21.5. The summed E-state index contributed by atoms with van der Waals surface area (Å²) in [5, 5.41) is 0. The standard InChI is InChI=1S/C27H46O2/c1-22(2)9-6-10-23(3)11-7-12-24(4)13-8-14-25(5)19-20-29-27-17-15-26(21-28)16-18-27/h15-18,21-25H,6-14,19-20H2,1-5H3. The van der Waals surface area contributed by atoms with Gasteiger partial charge in [-0.05, 0) is 54.4 Å². The third-order valence-electron chi connectivity index (χ3n) is 6.16. The van der Waals surface area contributed by atoms with Crippen LogP contribution in [0.3, 0.4) is 0 Å². The van der Waals surface area contributed by atoms with Gasteiger partial charge in [-0.1, -0.05) is 92.4 Å². The zero-order valence-corrected chi connectivity index (χ0v) is 19.8. The molecule has 1 aromatic rings. The predicted octanol–water partition coefficient (Wildman–Crippen LogP) is 8.34. The molecule has 29 heavy (non-hydrogen) atoms. The van der Waals surface area contributed by atoms with E-state index in [-0.39, 0.29) is 0 Å². The summed E-state index contributed by atoms with van der Waals surface area (Å²) in [5.74, 6) is 4.17. The van der Waals surface area contributed by atoms with Crippen molar-refractivity contribution in [3.8, 4) is 5.75 Å². The summed E-state index contributed by atoms with van der Waals surface area (Å²) in [6.45, 7) is 12.6. The molecule has 0 aromatic heterocycles. The van der Waals surface area contributed by atoms with Crippen LogP contribution in [0.5, 0.6) is 5.75 Å². The van der Waals surface area contributed by atoms with E-state index in [9.17, 15) is 4.79 Å². The van der Waals surface area contributed by atoms with E-state index in [0.29, 0.717) is 11.5 Å². The van der Waals surface area contributed by atoms with Crippen LogP contribution in [-0.4, -0.2) is 12.9 Å². The molecular weight excluding hydrogens is 356 g/mol. The molecule has 0 aliphatic rings. The van der Waals surface area contributed by atoms with Crippen molar-refractivity contribution in [2.75, 3.05) is 6.61 Å². The van der Waals surface area contributed by atoms with Gasteiger partial charge in [0.15, 0.2) is 0 Å². The molecule has 166 valence electrons. The second-order valence-electron chi connectivity index (χ2n) is 9.83. The Kier molecular flexibility index (Phi) is 13.8. The molecule has 2 heteroatoms. The molecule has 0 aliphatic carbocycles. The lowest BCUT2D eigenvalue weighted by molar-refractivity contribution is 0.112. The van der Waals surface area contributed by atoms with E-state index in [2.05, 4.69) is 34.6 Å². The Balaban J connectivity index is 2.02. The fourth-order valence-electron chi connectivity index (χ4n) is 3.96. The molecule has 0 N–H and O–H groups in total. The van der Waals surface area contributed by atoms with Crippen LogP contribution in [0.1, 0.15) is 109 Å². The van der Waals surface area contributed by atoms with E-state index >= 15 is 0 Å². The molecule has 0 radical (unpaired) electrons. The molecule has 0 amide bonds. The number of hydrogen-bond acceptors (Lipinski definition) is 2. The van der Waals surface area contributed by atoms with Gasteiger partial charge >= 0.3 is 0 Å². The van der Waals surface area contributed by atoms with Gasteiger partial charge in [0.25, 0.3) is 0 Å². The molecule has 0 aliphatic heterocycles. The van der Waals surface area contributed by atoms with Crippen molar-refractivity contribution in [1.29, 1.82) is 0 Å². The summed E-state index contributed by atoms with van der Waals surface area (Å²) >= 11 is 0. The first kappa shape index (κ1) is 25.7. The van der Waals surface area contributed by atoms with Gasteiger partial charge in [-0.25, -0.2) is 0 Å². The second kappa shape index (κ2) is 15.5. The fourth-order valence-corrected chi connectivity index (χ4v) is 3.96. The van der Waals surface area contributed by atoms with Crippen molar-refractivity contribution in [2.24, 2.45) is 23.7 Å². The SMILES string of the molecule is CC(C)CCCC(C)CCCC(C)CCCC(C)CCOc1ccc(C=O)cc1. The van der Waals surface area contributed by atoms with Crippen molar-refractivity contribution < 1.29 is 9.53 Å². The lowest BCUT2D eigenvalue weighted by atomic mass is 9.91. The van der Waals surface area contributed by atoms with E-state index in [1.54, 1.807) is 12.1 Å². The Bertz CT molecular complexity index is 520. The smallest absolute Gasteiger partial charge is 0.150 e. The first-order valence-electron chi connectivity index (χ1n) is 12.1. The molecule has 0 fully saturated rings. The highest BCUT2D eigenvalue weighted by Crippen LogP contribution is 2.23. The highest BCUT2D eigenvalue weighted by atomic mass is 16.5. The van der Waals surface area contributed by atoms with Crippen molar-refractivity contribution in [2.45, 2.75) is 98.8 Å². The van der Waals surface area contributed by atoms with Crippen LogP contribution in [0.15, 0.2) is 24.3 Å². The quantitative estimate of drug-likeness (QED) is 0.245. The number of ether oxygens (including phenoxy) is 1. The first-order valence-corrected chi connectivity index (χ1v) is 12.1. The van der Waals surface area contributed by atoms with E-state index in [1.807, 2.05) is 12.1 Å². The number of carbonyl (C=O) groups is 1. The van der Waals surface area contributed by atoms with Crippen LogP contribution in [0.25, 0.3) is 0 Å². The van der Waals surface area contributed by atoms with Gasteiger partial charge in [-0.3, -0.25) is 4.79 Å². The van der Waals surface area contributed by atoms with Gasteiger partial charge in [0.1, 0.15) is 12.0 Å². The Morgan fingerprint density at radius 2 is 1.14 bits per heavy atom.